The molecule has 120 valence electrons. The van der Waals surface area contributed by atoms with E-state index in [1.165, 1.54) is 11.8 Å². The average Bonchev–Trinajstić information content (AvgIpc) is 2.51. The Morgan fingerprint density at radius 1 is 1.35 bits per heavy atom. The van der Waals surface area contributed by atoms with E-state index in [1.807, 2.05) is 30.1 Å². The van der Waals surface area contributed by atoms with Crippen molar-refractivity contribution in [1.29, 1.82) is 0 Å². The fraction of sp³-hybridized carbons (Fsp3) is 0.222. The maximum Gasteiger partial charge on any atom is 0.110 e. The standard InChI is InChI=1S/C18H21ClN4/c1-11(2)16-10-23(5)12(3)14-7-6-13(8-15(14)16)18(22-20)17(19)9-21-4/h6-11H,3-4,20H2,1-2,5H3/b17-9+,22-18-. The van der Waals surface area contributed by atoms with Gasteiger partial charge < -0.3 is 10.7 Å². The third kappa shape index (κ3) is 3.22. The number of nitrogens with two attached hydrogens (primary N) is 1. The summed E-state index contributed by atoms with van der Waals surface area (Å²) in [6.45, 7) is 11.9. The second kappa shape index (κ2) is 6.84. The van der Waals surface area contributed by atoms with E-state index in [2.05, 4.69) is 43.4 Å². The van der Waals surface area contributed by atoms with Crippen LogP contribution < -0.4 is 5.84 Å². The predicted octanol–water partition coefficient (Wildman–Crippen LogP) is 4.04. The first-order valence-corrected chi connectivity index (χ1v) is 7.66. The Hall–Kier alpha value is -2.33. The molecular formula is C18H21ClN4. The van der Waals surface area contributed by atoms with E-state index in [-0.39, 0.29) is 0 Å². The van der Waals surface area contributed by atoms with Gasteiger partial charge in [-0.15, -0.1) is 0 Å². The third-order valence-corrected chi connectivity index (χ3v) is 4.13. The Morgan fingerprint density at radius 2 is 2.04 bits per heavy atom. The minimum Gasteiger partial charge on any atom is -0.351 e. The van der Waals surface area contributed by atoms with Crippen LogP contribution in [-0.2, 0) is 0 Å². The second-order valence-corrected chi connectivity index (χ2v) is 6.10. The van der Waals surface area contributed by atoms with Crippen LogP contribution in [0.3, 0.4) is 0 Å². The number of hydrogen-bond donors (Lipinski definition) is 1. The van der Waals surface area contributed by atoms with Crippen molar-refractivity contribution in [2.45, 2.75) is 13.8 Å². The highest BCUT2D eigenvalue weighted by molar-refractivity contribution is 6.46. The number of rotatable bonds is 4. The fourth-order valence-electron chi connectivity index (χ4n) is 2.60. The van der Waals surface area contributed by atoms with E-state index in [0.29, 0.717) is 16.7 Å². The Kier molecular flexibility index (Phi) is 5.06. The molecule has 0 spiro atoms. The van der Waals surface area contributed by atoms with Crippen LogP contribution in [0.5, 0.6) is 0 Å². The van der Waals surface area contributed by atoms with Crippen molar-refractivity contribution in [2.24, 2.45) is 21.9 Å². The molecule has 4 nitrogen and oxygen atoms in total. The van der Waals surface area contributed by atoms with Crippen molar-refractivity contribution in [3.8, 4) is 0 Å². The Morgan fingerprint density at radius 3 is 2.61 bits per heavy atom. The lowest BCUT2D eigenvalue weighted by atomic mass is 9.87. The van der Waals surface area contributed by atoms with Crippen LogP contribution >= 0.6 is 11.6 Å². The molecule has 23 heavy (non-hydrogen) atoms. The number of fused-ring (bicyclic) bond motifs is 1. The molecule has 0 bridgehead atoms. The fourth-order valence-corrected chi connectivity index (χ4v) is 2.83. The van der Waals surface area contributed by atoms with E-state index in [0.717, 1.165) is 22.4 Å². The summed E-state index contributed by atoms with van der Waals surface area (Å²) in [7, 11) is 2.00. The zero-order chi connectivity index (χ0) is 17.1. The number of halogens is 1. The van der Waals surface area contributed by atoms with Gasteiger partial charge in [0.05, 0.1) is 5.03 Å². The van der Waals surface area contributed by atoms with Crippen molar-refractivity contribution < 1.29 is 0 Å². The minimum atomic E-state index is 0.351. The molecule has 1 aliphatic heterocycles. The van der Waals surface area contributed by atoms with Crippen LogP contribution in [0.25, 0.3) is 11.3 Å². The summed E-state index contributed by atoms with van der Waals surface area (Å²) in [5.41, 5.74) is 5.72. The van der Waals surface area contributed by atoms with Crippen LogP contribution in [0.4, 0.5) is 0 Å². The Bertz CT molecular complexity index is 741. The summed E-state index contributed by atoms with van der Waals surface area (Å²) in [6, 6.07) is 6.01. The van der Waals surface area contributed by atoms with Crippen molar-refractivity contribution in [3.63, 3.8) is 0 Å². The van der Waals surface area contributed by atoms with Gasteiger partial charge in [-0.1, -0.05) is 44.2 Å². The highest BCUT2D eigenvalue weighted by Gasteiger charge is 2.22. The number of allylic oxidation sites excluding steroid dienone is 2. The SMILES string of the molecule is C=N/C=C(Cl)\C(=N/N)c1ccc2c(c1)C(C(C)C)=CN(C)C2=C. The first-order chi connectivity index (χ1) is 10.9. The summed E-state index contributed by atoms with van der Waals surface area (Å²) in [6.07, 6.45) is 3.54. The third-order valence-electron chi connectivity index (χ3n) is 3.86. The van der Waals surface area contributed by atoms with E-state index in [1.54, 1.807) is 0 Å². The van der Waals surface area contributed by atoms with Gasteiger partial charge in [-0.25, -0.2) is 0 Å². The molecule has 1 aromatic carbocycles. The minimum absolute atomic E-state index is 0.351. The van der Waals surface area contributed by atoms with Crippen molar-refractivity contribution in [2.75, 3.05) is 7.05 Å². The monoisotopic (exact) mass is 328 g/mol. The maximum atomic E-state index is 6.19. The summed E-state index contributed by atoms with van der Waals surface area (Å²) in [5, 5.41) is 4.16. The van der Waals surface area contributed by atoms with Crippen molar-refractivity contribution in [3.05, 3.63) is 58.9 Å². The molecule has 0 atom stereocenters. The molecule has 0 saturated heterocycles. The lowest BCUT2D eigenvalue weighted by Crippen LogP contribution is -2.18. The molecule has 1 heterocycles. The quantitative estimate of drug-likeness (QED) is 0.515. The Labute approximate surface area is 142 Å². The topological polar surface area (TPSA) is 54.0 Å². The molecule has 2 N–H and O–H groups in total. The van der Waals surface area contributed by atoms with E-state index < -0.39 is 0 Å². The van der Waals surface area contributed by atoms with Gasteiger partial charge in [-0.2, -0.15) is 5.10 Å². The van der Waals surface area contributed by atoms with Gasteiger partial charge in [-0.3, -0.25) is 4.99 Å². The van der Waals surface area contributed by atoms with Crippen molar-refractivity contribution in [1.82, 2.24) is 4.90 Å². The molecular weight excluding hydrogens is 308 g/mol. The summed E-state index contributed by atoms with van der Waals surface area (Å²) in [5.74, 6) is 5.89. The Balaban J connectivity index is 2.61. The first kappa shape index (κ1) is 17.0. The molecule has 0 aromatic heterocycles. The zero-order valence-corrected chi connectivity index (χ0v) is 14.4. The molecule has 5 heteroatoms. The van der Waals surface area contributed by atoms with Gasteiger partial charge in [0.15, 0.2) is 0 Å². The number of hydrogen-bond acceptors (Lipinski definition) is 4. The van der Waals surface area contributed by atoms with Gasteiger partial charge in [0.25, 0.3) is 0 Å². The molecule has 0 amide bonds. The van der Waals surface area contributed by atoms with Gasteiger partial charge >= 0.3 is 0 Å². The summed E-state index contributed by atoms with van der Waals surface area (Å²) in [4.78, 5) is 5.72. The normalized spacial score (nSPS) is 15.6. The lowest BCUT2D eigenvalue weighted by Gasteiger charge is -2.30. The first-order valence-electron chi connectivity index (χ1n) is 7.29. The highest BCUT2D eigenvalue weighted by atomic mass is 35.5. The maximum absolute atomic E-state index is 6.19. The average molecular weight is 329 g/mol. The molecule has 1 aromatic rings. The van der Waals surface area contributed by atoms with E-state index in [9.17, 15) is 0 Å². The van der Waals surface area contributed by atoms with Crippen LogP contribution in [0.2, 0.25) is 0 Å². The van der Waals surface area contributed by atoms with Crippen LogP contribution in [-0.4, -0.2) is 24.4 Å². The van der Waals surface area contributed by atoms with Crippen LogP contribution in [0.15, 0.2) is 52.3 Å². The van der Waals surface area contributed by atoms with Crippen molar-refractivity contribution >= 4 is 35.3 Å². The van der Waals surface area contributed by atoms with Gasteiger partial charge in [0, 0.05) is 36.3 Å². The molecule has 1 aliphatic rings. The summed E-state index contributed by atoms with van der Waals surface area (Å²) >= 11 is 6.19. The molecule has 0 saturated carbocycles. The summed E-state index contributed by atoms with van der Waals surface area (Å²) < 4.78 is 0. The number of hydrazone groups is 1. The highest BCUT2D eigenvalue weighted by Crippen LogP contribution is 2.37. The smallest absolute Gasteiger partial charge is 0.110 e. The molecule has 0 radical (unpaired) electrons. The number of benzene rings is 1. The van der Waals surface area contributed by atoms with Crippen LogP contribution in [0.1, 0.15) is 30.5 Å². The van der Waals surface area contributed by atoms with Gasteiger partial charge in [0.2, 0.25) is 0 Å². The lowest BCUT2D eigenvalue weighted by molar-refractivity contribution is 0.641. The van der Waals surface area contributed by atoms with Gasteiger partial charge in [-0.05, 0) is 29.8 Å². The van der Waals surface area contributed by atoms with Crippen LogP contribution in [0, 0.1) is 5.92 Å². The molecule has 0 fully saturated rings. The number of aliphatic imine (C=N–C) groups is 1. The molecule has 0 aliphatic carbocycles. The van der Waals surface area contributed by atoms with Gasteiger partial charge in [0.1, 0.15) is 5.71 Å². The predicted molar refractivity (Wildman–Crippen MR) is 100 cm³/mol. The zero-order valence-electron chi connectivity index (χ0n) is 13.7. The molecule has 2 rings (SSSR count). The van der Waals surface area contributed by atoms with E-state index >= 15 is 0 Å². The van der Waals surface area contributed by atoms with E-state index in [4.69, 9.17) is 17.4 Å². The second-order valence-electron chi connectivity index (χ2n) is 5.69. The molecule has 0 unspecified atom stereocenters. The number of nitrogens with zero attached hydrogens (tertiary/aromatic N) is 3. The largest absolute Gasteiger partial charge is 0.351 e.